The fraction of sp³-hybridized carbons (Fsp3) is 0.500. The van der Waals surface area contributed by atoms with E-state index < -0.39 is 10.0 Å². The minimum absolute atomic E-state index is 0.0714. The summed E-state index contributed by atoms with van der Waals surface area (Å²) in [7, 11) is -1.86. The van der Waals surface area contributed by atoms with Crippen molar-refractivity contribution in [1.82, 2.24) is 9.71 Å². The summed E-state index contributed by atoms with van der Waals surface area (Å²) in [6, 6.07) is 1.38. The normalized spacial score (nSPS) is 11.8. The fourth-order valence-electron chi connectivity index (χ4n) is 1.11. The molecule has 1 aromatic heterocycles. The van der Waals surface area contributed by atoms with Gasteiger partial charge in [0.2, 0.25) is 10.0 Å². The highest BCUT2D eigenvalue weighted by molar-refractivity contribution is 7.89. The smallest absolute Gasteiger partial charge is 0.242 e. The van der Waals surface area contributed by atoms with Gasteiger partial charge in [-0.1, -0.05) is 25.4 Å². The largest absolute Gasteiger partial charge is 0.372 e. The molecule has 0 saturated carbocycles. The summed E-state index contributed by atoms with van der Waals surface area (Å²) in [4.78, 5) is 4.00. The SMILES string of the molecule is CNc1ncc(S(=O)(=O)NCC(C)C)cc1Cl. The van der Waals surface area contributed by atoms with Gasteiger partial charge in [0.1, 0.15) is 10.7 Å². The van der Waals surface area contributed by atoms with Gasteiger partial charge in [-0.05, 0) is 12.0 Å². The lowest BCUT2D eigenvalue weighted by Gasteiger charge is -2.09. The first kappa shape index (κ1) is 14.2. The van der Waals surface area contributed by atoms with Crippen LogP contribution in [0.5, 0.6) is 0 Å². The Morgan fingerprint density at radius 2 is 2.12 bits per heavy atom. The Morgan fingerprint density at radius 3 is 2.59 bits per heavy atom. The fourth-order valence-corrected chi connectivity index (χ4v) is 2.62. The van der Waals surface area contributed by atoms with Crippen LogP contribution < -0.4 is 10.0 Å². The zero-order chi connectivity index (χ0) is 13.1. The van der Waals surface area contributed by atoms with E-state index in [2.05, 4.69) is 15.0 Å². The molecule has 96 valence electrons. The number of rotatable bonds is 5. The summed E-state index contributed by atoms with van der Waals surface area (Å²) in [6.45, 7) is 4.24. The molecule has 5 nitrogen and oxygen atoms in total. The third kappa shape index (κ3) is 3.83. The highest BCUT2D eigenvalue weighted by atomic mass is 35.5. The molecule has 0 amide bonds. The maximum atomic E-state index is 11.9. The molecule has 0 aliphatic carbocycles. The molecule has 0 spiro atoms. The number of hydrogen-bond donors (Lipinski definition) is 2. The Morgan fingerprint density at radius 1 is 1.47 bits per heavy atom. The van der Waals surface area contributed by atoms with Gasteiger partial charge in [-0.25, -0.2) is 18.1 Å². The molecule has 0 aliphatic heterocycles. The lowest BCUT2D eigenvalue weighted by Crippen LogP contribution is -2.27. The summed E-state index contributed by atoms with van der Waals surface area (Å²) >= 11 is 5.88. The Hall–Kier alpha value is -0.850. The van der Waals surface area contributed by atoms with Crippen LogP contribution in [0.25, 0.3) is 0 Å². The van der Waals surface area contributed by atoms with Gasteiger partial charge in [0.25, 0.3) is 0 Å². The first-order valence-corrected chi connectivity index (χ1v) is 7.06. The van der Waals surface area contributed by atoms with Crippen LogP contribution in [-0.2, 0) is 10.0 Å². The van der Waals surface area contributed by atoms with Crippen molar-refractivity contribution in [2.24, 2.45) is 5.92 Å². The molecule has 1 rings (SSSR count). The molecular weight excluding hydrogens is 262 g/mol. The van der Waals surface area contributed by atoms with Crippen molar-refractivity contribution in [3.8, 4) is 0 Å². The van der Waals surface area contributed by atoms with Gasteiger partial charge < -0.3 is 5.32 Å². The summed E-state index contributed by atoms with van der Waals surface area (Å²) in [5, 5.41) is 3.04. The molecule has 0 radical (unpaired) electrons. The van der Waals surface area contributed by atoms with Crippen molar-refractivity contribution in [2.75, 3.05) is 18.9 Å². The maximum absolute atomic E-state index is 11.9. The summed E-state index contributed by atoms with van der Waals surface area (Å²) in [5.74, 6) is 0.694. The van der Waals surface area contributed by atoms with Crippen LogP contribution in [0.15, 0.2) is 17.2 Å². The molecule has 2 N–H and O–H groups in total. The third-order valence-corrected chi connectivity index (χ3v) is 3.72. The van der Waals surface area contributed by atoms with Crippen LogP contribution >= 0.6 is 11.6 Å². The Balaban J connectivity index is 2.96. The number of pyridine rings is 1. The minimum Gasteiger partial charge on any atom is -0.372 e. The van der Waals surface area contributed by atoms with E-state index in [9.17, 15) is 8.42 Å². The van der Waals surface area contributed by atoms with Gasteiger partial charge in [-0.15, -0.1) is 0 Å². The van der Waals surface area contributed by atoms with Crippen molar-refractivity contribution in [1.29, 1.82) is 0 Å². The van der Waals surface area contributed by atoms with Gasteiger partial charge in [-0.2, -0.15) is 0 Å². The van der Waals surface area contributed by atoms with Gasteiger partial charge >= 0.3 is 0 Å². The first-order valence-electron chi connectivity index (χ1n) is 5.19. The standard InChI is InChI=1S/C10H16ClN3O2S/c1-7(2)5-14-17(15,16)8-4-9(11)10(12-3)13-6-8/h4,6-7,14H,5H2,1-3H3,(H,12,13). The second kappa shape index (κ2) is 5.66. The van der Waals surface area contributed by atoms with Gasteiger partial charge in [0.05, 0.1) is 5.02 Å². The lowest BCUT2D eigenvalue weighted by molar-refractivity contribution is 0.560. The molecule has 1 heterocycles. The Labute approximate surface area is 107 Å². The van der Waals surface area contributed by atoms with Crippen LogP contribution in [0.1, 0.15) is 13.8 Å². The lowest BCUT2D eigenvalue weighted by atomic mass is 10.2. The quantitative estimate of drug-likeness (QED) is 0.860. The summed E-state index contributed by atoms with van der Waals surface area (Å²) in [5.41, 5.74) is 0. The Kier molecular flexibility index (Phi) is 4.73. The van der Waals surface area contributed by atoms with Crippen LogP contribution in [0.2, 0.25) is 5.02 Å². The maximum Gasteiger partial charge on any atom is 0.242 e. The number of anilines is 1. The van der Waals surface area contributed by atoms with Gasteiger partial charge in [0, 0.05) is 19.8 Å². The number of sulfonamides is 1. The van der Waals surface area contributed by atoms with Crippen molar-refractivity contribution in [2.45, 2.75) is 18.7 Å². The molecule has 0 aromatic carbocycles. The number of halogens is 1. The van der Waals surface area contributed by atoms with E-state index in [1.54, 1.807) is 7.05 Å². The second-order valence-corrected chi connectivity index (χ2v) is 6.17. The monoisotopic (exact) mass is 277 g/mol. The molecule has 7 heteroatoms. The molecule has 0 atom stereocenters. The molecule has 0 aliphatic rings. The predicted molar refractivity (Wildman–Crippen MR) is 68.8 cm³/mol. The highest BCUT2D eigenvalue weighted by Crippen LogP contribution is 2.21. The van der Waals surface area contributed by atoms with E-state index in [4.69, 9.17) is 11.6 Å². The van der Waals surface area contributed by atoms with E-state index in [0.29, 0.717) is 12.4 Å². The van der Waals surface area contributed by atoms with E-state index in [-0.39, 0.29) is 15.8 Å². The zero-order valence-corrected chi connectivity index (χ0v) is 11.6. The number of nitrogens with zero attached hydrogens (tertiary/aromatic N) is 1. The average molecular weight is 278 g/mol. The minimum atomic E-state index is -3.53. The van der Waals surface area contributed by atoms with Crippen molar-refractivity contribution in [3.05, 3.63) is 17.3 Å². The predicted octanol–water partition coefficient (Wildman–Crippen LogP) is 1.71. The Bertz CT molecular complexity index is 488. The molecule has 0 bridgehead atoms. The van der Waals surface area contributed by atoms with E-state index in [0.717, 1.165) is 0 Å². The molecule has 0 fully saturated rings. The van der Waals surface area contributed by atoms with Crippen LogP contribution in [0.3, 0.4) is 0 Å². The van der Waals surface area contributed by atoms with Crippen LogP contribution in [0, 0.1) is 5.92 Å². The molecule has 0 unspecified atom stereocenters. The molecule has 0 saturated heterocycles. The summed E-state index contributed by atoms with van der Waals surface area (Å²) in [6.07, 6.45) is 1.28. The molecule has 1 aromatic rings. The van der Waals surface area contributed by atoms with E-state index >= 15 is 0 Å². The van der Waals surface area contributed by atoms with Crippen LogP contribution in [0.4, 0.5) is 5.82 Å². The number of hydrogen-bond acceptors (Lipinski definition) is 4. The van der Waals surface area contributed by atoms with Crippen LogP contribution in [-0.4, -0.2) is 27.0 Å². The topological polar surface area (TPSA) is 71.1 Å². The molecular formula is C10H16ClN3O2S. The zero-order valence-electron chi connectivity index (χ0n) is 9.99. The highest BCUT2D eigenvalue weighted by Gasteiger charge is 2.16. The number of aromatic nitrogens is 1. The van der Waals surface area contributed by atoms with E-state index in [1.165, 1.54) is 12.3 Å². The third-order valence-electron chi connectivity index (χ3n) is 2.04. The molecule has 17 heavy (non-hydrogen) atoms. The number of nitrogens with one attached hydrogen (secondary N) is 2. The van der Waals surface area contributed by atoms with Gasteiger partial charge in [-0.3, -0.25) is 0 Å². The van der Waals surface area contributed by atoms with Crippen molar-refractivity contribution in [3.63, 3.8) is 0 Å². The first-order chi connectivity index (χ1) is 7.86. The second-order valence-electron chi connectivity index (χ2n) is 4.00. The van der Waals surface area contributed by atoms with Crippen molar-refractivity contribution < 1.29 is 8.42 Å². The summed E-state index contributed by atoms with van der Waals surface area (Å²) < 4.78 is 26.2. The van der Waals surface area contributed by atoms with Gasteiger partial charge in [0.15, 0.2) is 0 Å². The average Bonchev–Trinajstić information content (AvgIpc) is 2.26. The van der Waals surface area contributed by atoms with E-state index in [1.807, 2.05) is 13.8 Å². The van der Waals surface area contributed by atoms with Crippen molar-refractivity contribution >= 4 is 27.4 Å².